The predicted octanol–water partition coefficient (Wildman–Crippen LogP) is 6.49. The molecule has 2 heteroatoms. The molecule has 2 nitrogen and oxygen atoms in total. The summed E-state index contributed by atoms with van der Waals surface area (Å²) in [5.41, 5.74) is 5.22. The van der Waals surface area contributed by atoms with Crippen LogP contribution < -0.4 is 0 Å². The molecule has 0 saturated heterocycles. The maximum atomic E-state index is 6.12. The number of aryl methyl sites for hydroxylation is 1. The lowest BCUT2D eigenvalue weighted by Gasteiger charge is -1.97. The van der Waals surface area contributed by atoms with E-state index < -0.39 is 0 Å². The molecule has 0 fully saturated rings. The first-order chi connectivity index (χ1) is 12.8. The smallest absolute Gasteiger partial charge is 0.227 e. The monoisotopic (exact) mass is 337 g/mol. The fourth-order valence-electron chi connectivity index (χ4n) is 2.80. The van der Waals surface area contributed by atoms with E-state index in [0.717, 1.165) is 28.1 Å². The molecule has 0 unspecified atom stereocenters. The van der Waals surface area contributed by atoms with Gasteiger partial charge in [-0.2, -0.15) is 0 Å². The second kappa shape index (κ2) is 7.24. The van der Waals surface area contributed by atoms with E-state index in [4.69, 9.17) is 9.40 Å². The first-order valence-electron chi connectivity index (χ1n) is 8.66. The lowest BCUT2D eigenvalue weighted by Crippen LogP contribution is -1.81. The summed E-state index contributed by atoms with van der Waals surface area (Å²) in [4.78, 5) is 4.77. The maximum absolute atomic E-state index is 6.12. The average molecular weight is 337 g/mol. The Labute approximate surface area is 153 Å². The van der Waals surface area contributed by atoms with Crippen LogP contribution >= 0.6 is 0 Å². The molecule has 0 aliphatic heterocycles. The lowest BCUT2D eigenvalue weighted by atomic mass is 10.1. The summed E-state index contributed by atoms with van der Waals surface area (Å²) in [7, 11) is 0. The van der Waals surface area contributed by atoms with Gasteiger partial charge in [-0.1, -0.05) is 84.4 Å². The van der Waals surface area contributed by atoms with E-state index in [1.807, 2.05) is 60.7 Å². The van der Waals surface area contributed by atoms with Crippen molar-refractivity contribution in [2.24, 2.45) is 0 Å². The largest absolute Gasteiger partial charge is 0.436 e. The highest BCUT2D eigenvalue weighted by Gasteiger charge is 2.14. The molecule has 0 amide bonds. The first-order valence-corrected chi connectivity index (χ1v) is 8.66. The van der Waals surface area contributed by atoms with E-state index in [1.54, 1.807) is 0 Å². The SMILES string of the molecule is Cc1ccc(-c2nc(-c3ccccc3)c(/C=C/c3ccccc3)o2)cc1. The predicted molar refractivity (Wildman–Crippen MR) is 107 cm³/mol. The summed E-state index contributed by atoms with van der Waals surface area (Å²) in [6.07, 6.45) is 4.04. The molecule has 1 aromatic heterocycles. The number of aromatic nitrogens is 1. The van der Waals surface area contributed by atoms with Gasteiger partial charge in [-0.15, -0.1) is 0 Å². The summed E-state index contributed by atoms with van der Waals surface area (Å²) < 4.78 is 6.12. The van der Waals surface area contributed by atoms with E-state index >= 15 is 0 Å². The molecule has 0 bridgehead atoms. The standard InChI is InChI=1S/C24H19NO/c1-18-12-15-21(16-13-18)24-25-23(20-10-6-3-7-11-20)22(26-24)17-14-19-8-4-2-5-9-19/h2-17H,1H3/b17-14+. The van der Waals surface area contributed by atoms with E-state index in [-0.39, 0.29) is 0 Å². The zero-order chi connectivity index (χ0) is 17.8. The average Bonchev–Trinajstić information content (AvgIpc) is 3.13. The van der Waals surface area contributed by atoms with Gasteiger partial charge in [0.05, 0.1) is 0 Å². The van der Waals surface area contributed by atoms with Crippen LogP contribution in [0.5, 0.6) is 0 Å². The molecule has 4 rings (SSSR count). The van der Waals surface area contributed by atoms with Gasteiger partial charge in [0.2, 0.25) is 5.89 Å². The van der Waals surface area contributed by atoms with Crippen molar-refractivity contribution >= 4 is 12.2 Å². The van der Waals surface area contributed by atoms with Crippen LogP contribution in [0.2, 0.25) is 0 Å². The molecule has 1 heterocycles. The number of benzene rings is 3. The van der Waals surface area contributed by atoms with Gasteiger partial charge in [-0.3, -0.25) is 0 Å². The quantitative estimate of drug-likeness (QED) is 0.425. The molecule has 0 saturated carbocycles. The van der Waals surface area contributed by atoms with Crippen LogP contribution in [-0.2, 0) is 0 Å². The summed E-state index contributed by atoms with van der Waals surface area (Å²) >= 11 is 0. The third kappa shape index (κ3) is 3.50. The number of rotatable bonds is 4. The highest BCUT2D eigenvalue weighted by molar-refractivity contribution is 5.77. The van der Waals surface area contributed by atoms with Gasteiger partial charge in [0, 0.05) is 11.1 Å². The normalized spacial score (nSPS) is 11.1. The third-order valence-corrected chi connectivity index (χ3v) is 4.23. The minimum Gasteiger partial charge on any atom is -0.436 e. The van der Waals surface area contributed by atoms with E-state index in [0.29, 0.717) is 5.89 Å². The summed E-state index contributed by atoms with van der Waals surface area (Å²) in [5.74, 6) is 1.40. The molecule has 0 aliphatic carbocycles. The number of hydrogen-bond donors (Lipinski definition) is 0. The molecular formula is C24H19NO. The topological polar surface area (TPSA) is 26.0 Å². The Morgan fingerprint density at radius 3 is 2.04 bits per heavy atom. The van der Waals surface area contributed by atoms with Gasteiger partial charge in [0.1, 0.15) is 5.69 Å². The van der Waals surface area contributed by atoms with E-state index in [2.05, 4.69) is 43.3 Å². The second-order valence-electron chi connectivity index (χ2n) is 6.21. The summed E-state index contributed by atoms with van der Waals surface area (Å²) in [6, 6.07) is 28.6. The van der Waals surface area contributed by atoms with Gasteiger partial charge >= 0.3 is 0 Å². The van der Waals surface area contributed by atoms with Gasteiger partial charge in [0.15, 0.2) is 5.76 Å². The maximum Gasteiger partial charge on any atom is 0.227 e. The van der Waals surface area contributed by atoms with Crippen LogP contribution in [0, 0.1) is 6.92 Å². The fourth-order valence-corrected chi connectivity index (χ4v) is 2.80. The van der Waals surface area contributed by atoms with E-state index in [1.165, 1.54) is 5.56 Å². The molecule has 3 aromatic carbocycles. The zero-order valence-corrected chi connectivity index (χ0v) is 14.6. The Morgan fingerprint density at radius 2 is 1.35 bits per heavy atom. The van der Waals surface area contributed by atoms with Crippen LogP contribution in [0.4, 0.5) is 0 Å². The van der Waals surface area contributed by atoms with Gasteiger partial charge < -0.3 is 4.42 Å². The van der Waals surface area contributed by atoms with Crippen molar-refractivity contribution in [2.45, 2.75) is 6.92 Å². The van der Waals surface area contributed by atoms with Crippen LogP contribution in [0.25, 0.3) is 34.9 Å². The van der Waals surface area contributed by atoms with E-state index in [9.17, 15) is 0 Å². The Bertz CT molecular complexity index is 1010. The molecule has 4 aromatic rings. The van der Waals surface area contributed by atoms with Crippen LogP contribution in [-0.4, -0.2) is 4.98 Å². The molecule has 0 atom stereocenters. The Kier molecular flexibility index (Phi) is 4.48. The Morgan fingerprint density at radius 1 is 0.692 bits per heavy atom. The Balaban J connectivity index is 1.78. The second-order valence-corrected chi connectivity index (χ2v) is 6.21. The fraction of sp³-hybridized carbons (Fsp3) is 0.0417. The molecule has 126 valence electrons. The number of nitrogens with zero attached hydrogens (tertiary/aromatic N) is 1. The van der Waals surface area contributed by atoms with Crippen LogP contribution in [0.1, 0.15) is 16.9 Å². The molecular weight excluding hydrogens is 318 g/mol. The van der Waals surface area contributed by atoms with Crippen molar-refractivity contribution in [1.29, 1.82) is 0 Å². The summed E-state index contributed by atoms with van der Waals surface area (Å²) in [6.45, 7) is 2.07. The van der Waals surface area contributed by atoms with Crippen molar-refractivity contribution in [3.05, 3.63) is 102 Å². The minimum absolute atomic E-state index is 0.636. The van der Waals surface area contributed by atoms with Gasteiger partial charge in [-0.25, -0.2) is 4.98 Å². The molecule has 0 N–H and O–H groups in total. The molecule has 0 radical (unpaired) electrons. The highest BCUT2D eigenvalue weighted by atomic mass is 16.4. The highest BCUT2D eigenvalue weighted by Crippen LogP contribution is 2.30. The Hall–Kier alpha value is -3.39. The summed E-state index contributed by atoms with van der Waals surface area (Å²) in [5, 5.41) is 0. The van der Waals surface area contributed by atoms with Crippen LogP contribution in [0.15, 0.2) is 89.3 Å². The number of oxazole rings is 1. The van der Waals surface area contributed by atoms with Crippen molar-refractivity contribution in [3.8, 4) is 22.7 Å². The number of hydrogen-bond acceptors (Lipinski definition) is 2. The van der Waals surface area contributed by atoms with Crippen molar-refractivity contribution in [3.63, 3.8) is 0 Å². The molecule has 0 aliphatic rings. The molecule has 26 heavy (non-hydrogen) atoms. The van der Waals surface area contributed by atoms with Crippen molar-refractivity contribution < 1.29 is 4.42 Å². The van der Waals surface area contributed by atoms with Crippen LogP contribution in [0.3, 0.4) is 0 Å². The molecule has 0 spiro atoms. The first kappa shape index (κ1) is 16.1. The van der Waals surface area contributed by atoms with Crippen molar-refractivity contribution in [2.75, 3.05) is 0 Å². The van der Waals surface area contributed by atoms with Gasteiger partial charge in [-0.05, 0) is 30.7 Å². The third-order valence-electron chi connectivity index (χ3n) is 4.23. The van der Waals surface area contributed by atoms with Gasteiger partial charge in [0.25, 0.3) is 0 Å². The lowest BCUT2D eigenvalue weighted by molar-refractivity contribution is 0.565. The van der Waals surface area contributed by atoms with Crippen molar-refractivity contribution in [1.82, 2.24) is 4.98 Å². The minimum atomic E-state index is 0.636. The zero-order valence-electron chi connectivity index (χ0n) is 14.6.